The molecule has 0 fully saturated rings. The second-order valence-corrected chi connectivity index (χ2v) is 11.2. The molecule has 10 nitrogen and oxygen atoms in total. The molecule has 11 heteroatoms. The summed E-state index contributed by atoms with van der Waals surface area (Å²) in [5.41, 5.74) is 1.77. The van der Waals surface area contributed by atoms with Gasteiger partial charge in [-0.15, -0.1) is 0 Å². The van der Waals surface area contributed by atoms with Gasteiger partial charge in [0.25, 0.3) is 5.91 Å². The predicted molar refractivity (Wildman–Crippen MR) is 162 cm³/mol. The first-order valence-corrected chi connectivity index (χ1v) is 13.7. The van der Waals surface area contributed by atoms with Gasteiger partial charge in [0.2, 0.25) is 0 Å². The van der Waals surface area contributed by atoms with Crippen LogP contribution in [0.4, 0.5) is 31.0 Å². The molecule has 1 aromatic heterocycles. The average Bonchev–Trinajstić information content (AvgIpc) is 2.90. The van der Waals surface area contributed by atoms with Gasteiger partial charge in [-0.2, -0.15) is 0 Å². The van der Waals surface area contributed by atoms with Gasteiger partial charge in [0.1, 0.15) is 17.1 Å². The number of pyridine rings is 1. The van der Waals surface area contributed by atoms with Crippen molar-refractivity contribution in [3.05, 3.63) is 83.4 Å². The van der Waals surface area contributed by atoms with Crippen LogP contribution < -0.4 is 21.3 Å². The minimum atomic E-state index is -0.674. The van der Waals surface area contributed by atoms with Crippen LogP contribution in [0.15, 0.2) is 60.8 Å². The summed E-state index contributed by atoms with van der Waals surface area (Å²) in [7, 11) is 3.94. The van der Waals surface area contributed by atoms with E-state index in [0.717, 1.165) is 13.0 Å². The number of nitrogens with zero attached hydrogens (tertiary/aromatic N) is 2. The smallest absolute Gasteiger partial charge is 0.412 e. The van der Waals surface area contributed by atoms with Gasteiger partial charge in [-0.1, -0.05) is 24.3 Å². The molecule has 0 saturated carbocycles. The zero-order valence-corrected chi connectivity index (χ0v) is 24.9. The zero-order valence-electron chi connectivity index (χ0n) is 24.9. The van der Waals surface area contributed by atoms with Crippen molar-refractivity contribution in [2.24, 2.45) is 0 Å². The minimum Gasteiger partial charge on any atom is -0.444 e. The first kappa shape index (κ1) is 32.0. The van der Waals surface area contributed by atoms with E-state index in [9.17, 15) is 18.8 Å². The van der Waals surface area contributed by atoms with E-state index in [2.05, 4.69) is 26.3 Å². The highest BCUT2D eigenvalue weighted by Crippen LogP contribution is 2.24. The second kappa shape index (κ2) is 14.4. The number of hydrogen-bond acceptors (Lipinski definition) is 6. The number of aromatic nitrogens is 1. The van der Waals surface area contributed by atoms with Crippen molar-refractivity contribution in [3.8, 4) is 0 Å². The monoisotopic (exact) mass is 578 g/mol. The Morgan fingerprint density at radius 1 is 0.976 bits per heavy atom. The standard InChI is InChI=1S/C31H39FN6O4/c1-20-13-15-22(18-23(20)32)34-29(40)36-24(12-9-17-38(5)6)21-14-16-27(33-19-21)28(39)35-25-10-7-8-11-26(25)37-30(41)42-31(2,3)4/h7-8,10-11,13-16,18-19,24H,9,12,17H2,1-6H3,(H,35,39)(H,37,41)(H2,34,36,40). The molecule has 0 saturated heterocycles. The number of benzene rings is 2. The zero-order chi connectivity index (χ0) is 30.9. The molecule has 3 aromatic rings. The molecule has 42 heavy (non-hydrogen) atoms. The number of amides is 4. The highest BCUT2D eigenvalue weighted by atomic mass is 19.1. The number of carbonyl (C=O) groups is 3. The highest BCUT2D eigenvalue weighted by Gasteiger charge is 2.19. The molecule has 1 heterocycles. The second-order valence-electron chi connectivity index (χ2n) is 11.2. The fraction of sp³-hybridized carbons (Fsp3) is 0.355. The molecular weight excluding hydrogens is 539 g/mol. The van der Waals surface area contributed by atoms with Crippen molar-refractivity contribution in [2.75, 3.05) is 36.6 Å². The third-order valence-electron chi connectivity index (χ3n) is 6.07. The van der Waals surface area contributed by atoms with Gasteiger partial charge < -0.3 is 25.6 Å². The van der Waals surface area contributed by atoms with Crippen molar-refractivity contribution in [1.29, 1.82) is 0 Å². The Balaban J connectivity index is 1.70. The lowest BCUT2D eigenvalue weighted by molar-refractivity contribution is 0.0635. The molecule has 4 N–H and O–H groups in total. The third-order valence-corrected chi connectivity index (χ3v) is 6.07. The maximum absolute atomic E-state index is 13.9. The number of anilines is 3. The fourth-order valence-electron chi connectivity index (χ4n) is 3.98. The lowest BCUT2D eigenvalue weighted by Gasteiger charge is -2.21. The maximum Gasteiger partial charge on any atom is 0.412 e. The summed E-state index contributed by atoms with van der Waals surface area (Å²) in [6.45, 7) is 7.74. The van der Waals surface area contributed by atoms with Crippen molar-refractivity contribution in [2.45, 2.75) is 52.2 Å². The number of carbonyl (C=O) groups excluding carboxylic acids is 3. The number of aryl methyl sites for hydroxylation is 1. The topological polar surface area (TPSA) is 125 Å². The van der Waals surface area contributed by atoms with Crippen molar-refractivity contribution >= 4 is 35.1 Å². The number of halogens is 1. The van der Waals surface area contributed by atoms with Crippen LogP contribution in [0.1, 0.15) is 61.3 Å². The van der Waals surface area contributed by atoms with E-state index in [0.29, 0.717) is 34.6 Å². The number of ether oxygens (including phenoxy) is 1. The molecule has 0 aliphatic carbocycles. The van der Waals surface area contributed by atoms with Gasteiger partial charge in [-0.05, 0) is 103 Å². The third kappa shape index (κ3) is 10.2. The quantitative estimate of drug-likeness (QED) is 0.223. The van der Waals surface area contributed by atoms with Gasteiger partial charge in [-0.3, -0.25) is 15.1 Å². The molecule has 0 spiro atoms. The fourth-order valence-corrected chi connectivity index (χ4v) is 3.98. The number of para-hydroxylation sites is 2. The first-order chi connectivity index (χ1) is 19.8. The molecule has 1 atom stereocenters. The summed E-state index contributed by atoms with van der Waals surface area (Å²) in [6.07, 6.45) is 2.31. The number of rotatable bonds is 10. The SMILES string of the molecule is Cc1ccc(NC(=O)NC(CCCN(C)C)c2ccc(C(=O)Nc3ccccc3NC(=O)OC(C)(C)C)nc2)cc1F. The summed E-state index contributed by atoms with van der Waals surface area (Å²) in [4.78, 5) is 44.4. The van der Waals surface area contributed by atoms with E-state index in [1.54, 1.807) is 82.4 Å². The van der Waals surface area contributed by atoms with Crippen LogP contribution in [0.3, 0.4) is 0 Å². The van der Waals surface area contributed by atoms with Gasteiger partial charge in [0.15, 0.2) is 0 Å². The summed E-state index contributed by atoms with van der Waals surface area (Å²) >= 11 is 0. The first-order valence-electron chi connectivity index (χ1n) is 13.7. The number of nitrogens with one attached hydrogen (secondary N) is 4. The number of urea groups is 1. The lowest BCUT2D eigenvalue weighted by atomic mass is 10.0. The Labute approximate surface area is 246 Å². The Morgan fingerprint density at radius 2 is 1.67 bits per heavy atom. The van der Waals surface area contributed by atoms with E-state index >= 15 is 0 Å². The summed E-state index contributed by atoms with van der Waals surface area (Å²) in [6, 6.07) is 13.7. The molecule has 0 bridgehead atoms. The molecule has 1 unspecified atom stereocenters. The summed E-state index contributed by atoms with van der Waals surface area (Å²) in [5, 5.41) is 11.0. The van der Waals surface area contributed by atoms with E-state index in [1.165, 1.54) is 6.07 Å². The molecule has 0 radical (unpaired) electrons. The molecule has 0 aliphatic rings. The summed E-state index contributed by atoms with van der Waals surface area (Å²) < 4.78 is 19.2. The van der Waals surface area contributed by atoms with Gasteiger partial charge in [-0.25, -0.2) is 14.0 Å². The van der Waals surface area contributed by atoms with Gasteiger partial charge in [0, 0.05) is 11.9 Å². The molecule has 0 aliphatic heterocycles. The van der Waals surface area contributed by atoms with E-state index in [-0.39, 0.29) is 5.69 Å². The van der Waals surface area contributed by atoms with Crippen LogP contribution in [0.5, 0.6) is 0 Å². The molecular formula is C31H39FN6O4. The lowest BCUT2D eigenvalue weighted by Crippen LogP contribution is -2.33. The molecule has 2 aromatic carbocycles. The van der Waals surface area contributed by atoms with Crippen LogP contribution in [0.2, 0.25) is 0 Å². The van der Waals surface area contributed by atoms with Gasteiger partial charge in [0.05, 0.1) is 17.4 Å². The Kier molecular flexibility index (Phi) is 11.0. The number of hydrogen-bond donors (Lipinski definition) is 4. The van der Waals surface area contributed by atoms with Crippen molar-refractivity contribution in [1.82, 2.24) is 15.2 Å². The van der Waals surface area contributed by atoms with Crippen LogP contribution >= 0.6 is 0 Å². The Bertz CT molecular complexity index is 1390. The summed E-state index contributed by atoms with van der Waals surface area (Å²) in [5.74, 6) is -0.882. The Hall–Kier alpha value is -4.51. The van der Waals surface area contributed by atoms with E-state index in [1.807, 2.05) is 19.0 Å². The molecule has 4 amide bonds. The van der Waals surface area contributed by atoms with Crippen molar-refractivity contribution in [3.63, 3.8) is 0 Å². The average molecular weight is 579 g/mol. The van der Waals surface area contributed by atoms with E-state index in [4.69, 9.17) is 4.74 Å². The minimum absolute atomic E-state index is 0.150. The van der Waals surface area contributed by atoms with Crippen LogP contribution in [0.25, 0.3) is 0 Å². The van der Waals surface area contributed by atoms with Crippen LogP contribution in [-0.2, 0) is 4.74 Å². The molecule has 224 valence electrons. The predicted octanol–water partition coefficient (Wildman–Crippen LogP) is 6.33. The van der Waals surface area contributed by atoms with Gasteiger partial charge >= 0.3 is 12.1 Å². The normalized spacial score (nSPS) is 11.9. The molecule has 3 rings (SSSR count). The van der Waals surface area contributed by atoms with Crippen LogP contribution in [-0.4, -0.2) is 54.2 Å². The largest absolute Gasteiger partial charge is 0.444 e. The van der Waals surface area contributed by atoms with Crippen molar-refractivity contribution < 1.29 is 23.5 Å². The maximum atomic E-state index is 13.9. The van der Waals surface area contributed by atoms with Crippen LogP contribution in [0, 0.1) is 12.7 Å². The Morgan fingerprint density at radius 3 is 2.26 bits per heavy atom. The highest BCUT2D eigenvalue weighted by molar-refractivity contribution is 6.05. The van der Waals surface area contributed by atoms with E-state index < -0.39 is 35.5 Å².